The molecule has 3 heteroatoms. The molecule has 0 amide bonds. The summed E-state index contributed by atoms with van der Waals surface area (Å²) in [5, 5.41) is 8.23. The molecular formula is C9H8N2O. The first kappa shape index (κ1) is 8.28. The van der Waals surface area contributed by atoms with Gasteiger partial charge < -0.3 is 4.98 Å². The zero-order valence-corrected chi connectivity index (χ0v) is 6.45. The van der Waals surface area contributed by atoms with Crippen molar-refractivity contribution in [1.29, 1.82) is 5.26 Å². The number of hydrogen-bond acceptors (Lipinski definition) is 2. The van der Waals surface area contributed by atoms with Crippen molar-refractivity contribution in [3.05, 3.63) is 29.6 Å². The average Bonchev–Trinajstić information content (AvgIpc) is 2.53. The summed E-state index contributed by atoms with van der Waals surface area (Å²) in [5.41, 5.74) is 1.46. The molecule has 0 fully saturated rings. The highest BCUT2D eigenvalue weighted by Crippen LogP contribution is 2.03. The van der Waals surface area contributed by atoms with Crippen molar-refractivity contribution in [2.45, 2.75) is 6.42 Å². The van der Waals surface area contributed by atoms with Gasteiger partial charge in [-0.2, -0.15) is 5.26 Å². The Balaban J connectivity index is 2.65. The van der Waals surface area contributed by atoms with E-state index in [4.69, 9.17) is 5.26 Å². The molecule has 1 heterocycles. The number of allylic oxidation sites excluding steroid dienone is 1. The normalized spacial score (nSPS) is 9.92. The molecule has 1 N–H and O–H groups in total. The summed E-state index contributed by atoms with van der Waals surface area (Å²) in [6, 6.07) is 3.72. The Kier molecular flexibility index (Phi) is 2.86. The Hall–Kier alpha value is -1.82. The lowest BCUT2D eigenvalue weighted by atomic mass is 10.2. The number of hydrogen-bond donors (Lipinski definition) is 1. The summed E-state index contributed by atoms with van der Waals surface area (Å²) in [6.45, 7) is 0. The summed E-state index contributed by atoms with van der Waals surface area (Å²) < 4.78 is 0. The van der Waals surface area contributed by atoms with Gasteiger partial charge >= 0.3 is 0 Å². The van der Waals surface area contributed by atoms with Gasteiger partial charge in [0.2, 0.25) is 0 Å². The van der Waals surface area contributed by atoms with Crippen LogP contribution < -0.4 is 0 Å². The molecule has 1 aromatic rings. The predicted molar refractivity (Wildman–Crippen MR) is 45.4 cm³/mol. The highest BCUT2D eigenvalue weighted by Gasteiger charge is 1.92. The van der Waals surface area contributed by atoms with Gasteiger partial charge in [0.25, 0.3) is 0 Å². The quantitative estimate of drug-likeness (QED) is 0.685. The van der Waals surface area contributed by atoms with Crippen molar-refractivity contribution >= 4 is 12.4 Å². The zero-order chi connectivity index (χ0) is 8.81. The highest BCUT2D eigenvalue weighted by atomic mass is 16.1. The first-order chi connectivity index (χ1) is 5.86. The molecule has 0 saturated carbocycles. The second-order valence-electron chi connectivity index (χ2n) is 2.27. The van der Waals surface area contributed by atoms with E-state index in [1.165, 1.54) is 0 Å². The Labute approximate surface area is 70.3 Å². The fraction of sp³-hybridized carbons (Fsp3) is 0.111. The van der Waals surface area contributed by atoms with Crippen molar-refractivity contribution in [3.63, 3.8) is 0 Å². The third kappa shape index (κ3) is 2.10. The van der Waals surface area contributed by atoms with Crippen LogP contribution in [0.15, 0.2) is 18.3 Å². The SMILES string of the molecule is N#CCC=Cc1c[nH]c(C=O)c1. The Morgan fingerprint density at radius 3 is 3.08 bits per heavy atom. The van der Waals surface area contributed by atoms with Gasteiger partial charge in [0.05, 0.1) is 18.2 Å². The summed E-state index contributed by atoms with van der Waals surface area (Å²) in [7, 11) is 0. The van der Waals surface area contributed by atoms with Gasteiger partial charge in [-0.05, 0) is 11.6 Å². The van der Waals surface area contributed by atoms with E-state index >= 15 is 0 Å². The molecule has 0 aliphatic carbocycles. The molecule has 0 aliphatic heterocycles. The minimum Gasteiger partial charge on any atom is -0.358 e. The maximum absolute atomic E-state index is 10.2. The molecule has 0 radical (unpaired) electrons. The lowest BCUT2D eigenvalue weighted by Crippen LogP contribution is -1.72. The molecule has 0 bridgehead atoms. The maximum atomic E-state index is 10.2. The number of rotatable bonds is 3. The van der Waals surface area contributed by atoms with Crippen LogP contribution in [0.5, 0.6) is 0 Å². The van der Waals surface area contributed by atoms with Crippen LogP contribution in [0.4, 0.5) is 0 Å². The van der Waals surface area contributed by atoms with Gasteiger partial charge in [-0.3, -0.25) is 4.79 Å². The third-order valence-electron chi connectivity index (χ3n) is 1.37. The summed E-state index contributed by atoms with van der Waals surface area (Å²) >= 11 is 0. The summed E-state index contributed by atoms with van der Waals surface area (Å²) in [6.07, 6.45) is 6.41. The Bertz CT molecular complexity index is 331. The van der Waals surface area contributed by atoms with E-state index in [0.29, 0.717) is 12.1 Å². The molecule has 0 spiro atoms. The van der Waals surface area contributed by atoms with E-state index in [1.807, 2.05) is 6.07 Å². The Morgan fingerprint density at radius 1 is 1.67 bits per heavy atom. The molecule has 0 atom stereocenters. The van der Waals surface area contributed by atoms with Crippen LogP contribution in [0.25, 0.3) is 6.08 Å². The molecule has 12 heavy (non-hydrogen) atoms. The standard InChI is InChI=1S/C9H8N2O/c10-4-2-1-3-8-5-9(7-12)11-6-8/h1,3,5-7,11H,2H2. The third-order valence-corrected chi connectivity index (χ3v) is 1.37. The summed E-state index contributed by atoms with van der Waals surface area (Å²) in [5.74, 6) is 0. The number of aromatic amines is 1. The number of carbonyl (C=O) groups excluding carboxylic acids is 1. The zero-order valence-electron chi connectivity index (χ0n) is 6.45. The monoisotopic (exact) mass is 160 g/mol. The fourth-order valence-corrected chi connectivity index (χ4v) is 0.842. The minimum absolute atomic E-state index is 0.390. The largest absolute Gasteiger partial charge is 0.358 e. The maximum Gasteiger partial charge on any atom is 0.166 e. The van der Waals surface area contributed by atoms with Crippen LogP contribution in [-0.2, 0) is 0 Å². The molecule has 0 aliphatic rings. The Morgan fingerprint density at radius 2 is 2.50 bits per heavy atom. The minimum atomic E-state index is 0.390. The number of aldehydes is 1. The van der Waals surface area contributed by atoms with Crippen LogP contribution in [0, 0.1) is 11.3 Å². The van der Waals surface area contributed by atoms with Gasteiger partial charge in [0, 0.05) is 6.20 Å². The molecular weight excluding hydrogens is 152 g/mol. The molecule has 0 aromatic carbocycles. The lowest BCUT2D eigenvalue weighted by molar-refractivity contribution is 0.111. The van der Waals surface area contributed by atoms with Gasteiger partial charge in [-0.15, -0.1) is 0 Å². The van der Waals surface area contributed by atoms with E-state index in [1.54, 1.807) is 24.4 Å². The van der Waals surface area contributed by atoms with Crippen molar-refractivity contribution in [3.8, 4) is 6.07 Å². The summed E-state index contributed by atoms with van der Waals surface area (Å²) in [4.78, 5) is 13.0. The van der Waals surface area contributed by atoms with Crippen LogP contribution in [0.1, 0.15) is 22.5 Å². The van der Waals surface area contributed by atoms with E-state index in [2.05, 4.69) is 4.98 Å². The number of aromatic nitrogens is 1. The smallest absolute Gasteiger partial charge is 0.166 e. The van der Waals surface area contributed by atoms with Gasteiger partial charge in [0.15, 0.2) is 6.29 Å². The fourth-order valence-electron chi connectivity index (χ4n) is 0.842. The number of H-pyrrole nitrogens is 1. The second kappa shape index (κ2) is 4.14. The van der Waals surface area contributed by atoms with Gasteiger partial charge in [0.1, 0.15) is 0 Å². The number of carbonyl (C=O) groups is 1. The van der Waals surface area contributed by atoms with Gasteiger partial charge in [-0.25, -0.2) is 0 Å². The molecule has 1 rings (SSSR count). The van der Waals surface area contributed by atoms with Crippen LogP contribution in [0.2, 0.25) is 0 Å². The van der Waals surface area contributed by atoms with Crippen molar-refractivity contribution in [1.82, 2.24) is 4.98 Å². The van der Waals surface area contributed by atoms with E-state index in [0.717, 1.165) is 11.8 Å². The molecule has 0 saturated heterocycles. The molecule has 3 nitrogen and oxygen atoms in total. The number of nitrogens with one attached hydrogen (secondary N) is 1. The highest BCUT2D eigenvalue weighted by molar-refractivity contribution is 5.73. The topological polar surface area (TPSA) is 56.6 Å². The first-order valence-electron chi connectivity index (χ1n) is 3.54. The van der Waals surface area contributed by atoms with E-state index < -0.39 is 0 Å². The number of nitriles is 1. The average molecular weight is 160 g/mol. The first-order valence-corrected chi connectivity index (χ1v) is 3.54. The van der Waals surface area contributed by atoms with Crippen molar-refractivity contribution < 1.29 is 4.79 Å². The van der Waals surface area contributed by atoms with E-state index in [-0.39, 0.29) is 0 Å². The number of nitrogens with zero attached hydrogens (tertiary/aromatic N) is 1. The molecule has 0 unspecified atom stereocenters. The van der Waals surface area contributed by atoms with Crippen LogP contribution in [-0.4, -0.2) is 11.3 Å². The molecule has 60 valence electrons. The van der Waals surface area contributed by atoms with Crippen molar-refractivity contribution in [2.24, 2.45) is 0 Å². The molecule has 1 aromatic heterocycles. The van der Waals surface area contributed by atoms with Crippen LogP contribution in [0.3, 0.4) is 0 Å². The lowest BCUT2D eigenvalue weighted by Gasteiger charge is -1.78. The predicted octanol–water partition coefficient (Wildman–Crippen LogP) is 1.75. The van der Waals surface area contributed by atoms with E-state index in [9.17, 15) is 4.79 Å². The van der Waals surface area contributed by atoms with Crippen LogP contribution >= 0.6 is 0 Å². The second-order valence-corrected chi connectivity index (χ2v) is 2.27. The van der Waals surface area contributed by atoms with Gasteiger partial charge in [-0.1, -0.05) is 12.2 Å². The van der Waals surface area contributed by atoms with Crippen molar-refractivity contribution in [2.75, 3.05) is 0 Å².